The van der Waals surface area contributed by atoms with Crippen molar-refractivity contribution in [2.24, 2.45) is 0 Å². The molecule has 0 unspecified atom stereocenters. The maximum atomic E-state index is 11.9. The van der Waals surface area contributed by atoms with Gasteiger partial charge in [0.1, 0.15) is 6.54 Å². The Bertz CT molecular complexity index is 670. The third-order valence-electron chi connectivity index (χ3n) is 2.65. The van der Waals surface area contributed by atoms with Crippen LogP contribution in [-0.2, 0) is 11.3 Å². The van der Waals surface area contributed by atoms with E-state index in [1.807, 2.05) is 20.8 Å². The van der Waals surface area contributed by atoms with Gasteiger partial charge in [-0.15, -0.1) is 0 Å². The number of amides is 1. The highest BCUT2D eigenvalue weighted by Crippen LogP contribution is 2.20. The lowest BCUT2D eigenvalue weighted by Crippen LogP contribution is -2.42. The van der Waals surface area contributed by atoms with Gasteiger partial charge in [0.25, 0.3) is 5.69 Å². The van der Waals surface area contributed by atoms with Crippen LogP contribution in [0.3, 0.4) is 0 Å². The Hall–Kier alpha value is -2.44. The van der Waals surface area contributed by atoms with Gasteiger partial charge in [-0.25, -0.2) is 0 Å². The van der Waals surface area contributed by atoms with Crippen LogP contribution in [0, 0.1) is 10.1 Å². The Morgan fingerprint density at radius 2 is 2.15 bits per heavy atom. The van der Waals surface area contributed by atoms with Gasteiger partial charge in [-0.1, -0.05) is 0 Å². The molecule has 0 radical (unpaired) electrons. The summed E-state index contributed by atoms with van der Waals surface area (Å²) in [5.74, 6) is -0.186. The first-order chi connectivity index (χ1) is 9.26. The maximum absolute atomic E-state index is 11.9. The van der Waals surface area contributed by atoms with Crippen molar-refractivity contribution in [2.45, 2.75) is 32.9 Å². The monoisotopic (exact) mass is 276 g/mol. The molecule has 0 saturated carbocycles. The zero-order chi connectivity index (χ0) is 14.9. The van der Waals surface area contributed by atoms with E-state index in [4.69, 9.17) is 0 Å². The van der Waals surface area contributed by atoms with E-state index in [1.165, 1.54) is 16.8 Å². The smallest absolute Gasteiger partial charge is 0.271 e. The fraction of sp³-hybridized carbons (Fsp3) is 0.385. The number of nitro groups is 1. The number of hydrogen-bond acceptors (Lipinski definition) is 4. The first-order valence-corrected chi connectivity index (χ1v) is 6.17. The van der Waals surface area contributed by atoms with Gasteiger partial charge >= 0.3 is 0 Å². The minimum Gasteiger partial charge on any atom is -0.350 e. The van der Waals surface area contributed by atoms with Crippen molar-refractivity contribution in [1.82, 2.24) is 15.1 Å². The summed E-state index contributed by atoms with van der Waals surface area (Å²) in [5, 5.41) is 18.5. The molecule has 0 aliphatic carbocycles. The Morgan fingerprint density at radius 1 is 1.45 bits per heavy atom. The number of carbonyl (C=O) groups is 1. The lowest BCUT2D eigenvalue weighted by atomic mass is 10.1. The number of carbonyl (C=O) groups excluding carboxylic acids is 1. The van der Waals surface area contributed by atoms with Crippen molar-refractivity contribution >= 4 is 22.5 Å². The third kappa shape index (κ3) is 3.11. The van der Waals surface area contributed by atoms with Crippen LogP contribution in [-0.4, -0.2) is 26.1 Å². The molecular formula is C13H16N4O3. The van der Waals surface area contributed by atoms with E-state index >= 15 is 0 Å². The molecule has 0 saturated heterocycles. The fourth-order valence-corrected chi connectivity index (χ4v) is 1.89. The molecule has 2 aromatic rings. The second-order valence-electron chi connectivity index (χ2n) is 5.60. The maximum Gasteiger partial charge on any atom is 0.271 e. The van der Waals surface area contributed by atoms with Crippen LogP contribution in [0.4, 0.5) is 5.69 Å². The van der Waals surface area contributed by atoms with Crippen LogP contribution in [0.5, 0.6) is 0 Å². The topological polar surface area (TPSA) is 90.1 Å². The Morgan fingerprint density at radius 3 is 2.75 bits per heavy atom. The van der Waals surface area contributed by atoms with Crippen molar-refractivity contribution in [3.63, 3.8) is 0 Å². The predicted molar refractivity (Wildman–Crippen MR) is 74.3 cm³/mol. The first kappa shape index (κ1) is 14.0. The molecule has 0 aliphatic heterocycles. The van der Waals surface area contributed by atoms with Gasteiger partial charge in [0, 0.05) is 23.1 Å². The molecule has 7 nitrogen and oxygen atoms in total. The van der Waals surface area contributed by atoms with Crippen molar-refractivity contribution < 1.29 is 9.72 Å². The SMILES string of the molecule is CC(C)(C)NC(=O)Cn1ncc2ccc([N+](=O)[O-])cc21. The molecule has 0 aliphatic rings. The third-order valence-corrected chi connectivity index (χ3v) is 2.65. The van der Waals surface area contributed by atoms with E-state index in [9.17, 15) is 14.9 Å². The van der Waals surface area contributed by atoms with Gasteiger partial charge in [-0.2, -0.15) is 5.10 Å². The zero-order valence-electron chi connectivity index (χ0n) is 11.6. The lowest BCUT2D eigenvalue weighted by molar-refractivity contribution is -0.384. The molecule has 1 aromatic carbocycles. The van der Waals surface area contributed by atoms with E-state index < -0.39 is 4.92 Å². The number of nitro benzene ring substituents is 1. The summed E-state index contributed by atoms with van der Waals surface area (Å²) in [5.41, 5.74) is 0.227. The second kappa shape index (κ2) is 4.92. The Labute approximate surface area is 115 Å². The number of nitrogens with one attached hydrogen (secondary N) is 1. The van der Waals surface area contributed by atoms with Gasteiger partial charge in [-0.05, 0) is 26.8 Å². The molecule has 1 N–H and O–H groups in total. The van der Waals surface area contributed by atoms with Crippen molar-refractivity contribution in [2.75, 3.05) is 0 Å². The average Bonchev–Trinajstić information content (AvgIpc) is 2.69. The quantitative estimate of drug-likeness (QED) is 0.684. The molecule has 0 fully saturated rings. The minimum atomic E-state index is -0.466. The molecule has 1 aromatic heterocycles. The van der Waals surface area contributed by atoms with E-state index in [0.29, 0.717) is 5.52 Å². The summed E-state index contributed by atoms with van der Waals surface area (Å²) in [6.07, 6.45) is 1.59. The molecule has 2 rings (SSSR count). The van der Waals surface area contributed by atoms with Gasteiger partial charge in [0.15, 0.2) is 0 Å². The highest BCUT2D eigenvalue weighted by molar-refractivity contribution is 5.83. The molecule has 0 bridgehead atoms. The fourth-order valence-electron chi connectivity index (χ4n) is 1.89. The van der Waals surface area contributed by atoms with E-state index in [1.54, 1.807) is 12.3 Å². The molecule has 106 valence electrons. The summed E-state index contributed by atoms with van der Waals surface area (Å²) < 4.78 is 1.46. The number of hydrogen-bond donors (Lipinski definition) is 1. The first-order valence-electron chi connectivity index (χ1n) is 6.17. The van der Waals surface area contributed by atoms with Crippen molar-refractivity contribution in [3.8, 4) is 0 Å². The normalized spacial score (nSPS) is 11.6. The number of benzene rings is 1. The highest BCUT2D eigenvalue weighted by Gasteiger charge is 2.16. The minimum absolute atomic E-state index is 0.0181. The summed E-state index contributed by atoms with van der Waals surface area (Å²) in [4.78, 5) is 22.2. The van der Waals surface area contributed by atoms with E-state index in [0.717, 1.165) is 5.39 Å². The summed E-state index contributed by atoms with van der Waals surface area (Å²) in [6, 6.07) is 4.47. The molecular weight excluding hydrogens is 260 g/mol. The van der Waals surface area contributed by atoms with Crippen LogP contribution < -0.4 is 5.32 Å². The van der Waals surface area contributed by atoms with Crippen LogP contribution in [0.1, 0.15) is 20.8 Å². The number of rotatable bonds is 3. The number of fused-ring (bicyclic) bond motifs is 1. The highest BCUT2D eigenvalue weighted by atomic mass is 16.6. The number of aromatic nitrogens is 2. The number of nitrogens with zero attached hydrogens (tertiary/aromatic N) is 3. The summed E-state index contributed by atoms with van der Waals surface area (Å²) in [7, 11) is 0. The van der Waals surface area contributed by atoms with Gasteiger partial charge in [0.05, 0.1) is 16.6 Å². The number of non-ortho nitro benzene ring substituents is 1. The van der Waals surface area contributed by atoms with Gasteiger partial charge in [0.2, 0.25) is 5.91 Å². The largest absolute Gasteiger partial charge is 0.350 e. The van der Waals surface area contributed by atoms with Crippen molar-refractivity contribution in [3.05, 3.63) is 34.5 Å². The summed E-state index contributed by atoms with van der Waals surface area (Å²) in [6.45, 7) is 5.69. The Balaban J connectivity index is 2.28. The molecule has 20 heavy (non-hydrogen) atoms. The van der Waals surface area contributed by atoms with E-state index in [2.05, 4.69) is 10.4 Å². The lowest BCUT2D eigenvalue weighted by Gasteiger charge is -2.20. The standard InChI is InChI=1S/C13H16N4O3/c1-13(2,3)15-12(18)8-16-11-6-10(17(19)20)5-4-9(11)7-14-16/h4-7H,8H2,1-3H3,(H,15,18). The van der Waals surface area contributed by atoms with E-state index in [-0.39, 0.29) is 23.7 Å². The van der Waals surface area contributed by atoms with Gasteiger partial charge < -0.3 is 5.32 Å². The summed E-state index contributed by atoms with van der Waals surface area (Å²) >= 11 is 0. The molecule has 0 atom stereocenters. The van der Waals surface area contributed by atoms with Crippen LogP contribution in [0.15, 0.2) is 24.4 Å². The van der Waals surface area contributed by atoms with Crippen LogP contribution in [0.25, 0.3) is 10.9 Å². The second-order valence-corrected chi connectivity index (χ2v) is 5.60. The average molecular weight is 276 g/mol. The van der Waals surface area contributed by atoms with Gasteiger partial charge in [-0.3, -0.25) is 19.6 Å². The zero-order valence-corrected chi connectivity index (χ0v) is 11.6. The van der Waals surface area contributed by atoms with Crippen LogP contribution in [0.2, 0.25) is 0 Å². The Kier molecular flexibility index (Phi) is 3.44. The molecule has 1 amide bonds. The van der Waals surface area contributed by atoms with Crippen LogP contribution >= 0.6 is 0 Å². The predicted octanol–water partition coefficient (Wildman–Crippen LogP) is 1.86. The van der Waals surface area contributed by atoms with Crippen molar-refractivity contribution in [1.29, 1.82) is 0 Å². The molecule has 7 heteroatoms. The molecule has 0 spiro atoms. The molecule has 1 heterocycles.